The van der Waals surface area contributed by atoms with Crippen LogP contribution in [0.25, 0.3) is 33.2 Å². The number of fused-ring (bicyclic) bond motifs is 2. The van der Waals surface area contributed by atoms with Gasteiger partial charge in [0, 0.05) is 74.1 Å². The van der Waals surface area contributed by atoms with Crippen LogP contribution in [0.3, 0.4) is 0 Å². The zero-order chi connectivity index (χ0) is 40.2. The molecular formula is C41H42ClF3N8O4. The molecular weight excluding hydrogens is 761 g/mol. The molecule has 1 spiro atoms. The SMILES string of the molecule is COCCN1CC[C@]2(CCN([C@@H]3CCc4cc(-c5cccc(-c6cccc(Nc7nc(C(F)(F)F)cc8cnn(C)c(=O)c78)c6C)c5Cl)nc(OC)c43)C2)NC1=O. The minimum absolute atomic E-state index is 0.0146. The second-order valence-electron chi connectivity index (χ2n) is 15.0. The number of carbonyl (C=O) groups is 1. The highest BCUT2D eigenvalue weighted by Crippen LogP contribution is 2.47. The molecule has 0 unspecified atom stereocenters. The van der Waals surface area contributed by atoms with E-state index in [1.54, 1.807) is 26.4 Å². The van der Waals surface area contributed by atoms with Crippen molar-refractivity contribution in [1.29, 1.82) is 0 Å². The molecule has 5 heterocycles. The third-order valence-corrected chi connectivity index (χ3v) is 12.0. The van der Waals surface area contributed by atoms with Gasteiger partial charge in [0.25, 0.3) is 5.56 Å². The second kappa shape index (κ2) is 14.9. The first-order valence-electron chi connectivity index (χ1n) is 18.8. The van der Waals surface area contributed by atoms with E-state index in [2.05, 4.69) is 31.7 Å². The molecule has 5 aromatic rings. The Hall–Kier alpha value is -5.25. The number of carbonyl (C=O) groups excluding carboxylic acids is 1. The fourth-order valence-electron chi connectivity index (χ4n) is 8.57. The van der Waals surface area contributed by atoms with Crippen LogP contribution in [-0.4, -0.2) is 88.1 Å². The maximum atomic E-state index is 13.9. The molecule has 298 valence electrons. The number of benzene rings is 2. The summed E-state index contributed by atoms with van der Waals surface area (Å²) in [6.45, 7) is 5.20. The molecule has 2 aliphatic heterocycles. The number of amides is 2. The predicted octanol–water partition coefficient (Wildman–Crippen LogP) is 7.28. The molecule has 2 fully saturated rings. The van der Waals surface area contributed by atoms with Gasteiger partial charge in [-0.15, -0.1) is 0 Å². The molecule has 0 radical (unpaired) electrons. The summed E-state index contributed by atoms with van der Waals surface area (Å²) in [5.74, 6) is 0.309. The Morgan fingerprint density at radius 2 is 1.79 bits per heavy atom. The van der Waals surface area contributed by atoms with Crippen molar-refractivity contribution in [3.05, 3.63) is 92.5 Å². The van der Waals surface area contributed by atoms with Gasteiger partial charge in [-0.05, 0) is 67.5 Å². The molecule has 2 atom stereocenters. The number of hydrogen-bond donors (Lipinski definition) is 2. The Kier molecular flexibility index (Phi) is 10.1. The fourth-order valence-corrected chi connectivity index (χ4v) is 8.89. The maximum absolute atomic E-state index is 13.9. The lowest BCUT2D eigenvalue weighted by atomic mass is 9.92. The number of pyridine rings is 2. The molecule has 12 nitrogen and oxygen atoms in total. The summed E-state index contributed by atoms with van der Waals surface area (Å²) in [6, 6.07) is 14.0. The molecule has 2 amide bonds. The van der Waals surface area contributed by atoms with Gasteiger partial charge in [0.1, 0.15) is 11.5 Å². The van der Waals surface area contributed by atoms with E-state index in [0.29, 0.717) is 58.7 Å². The van der Waals surface area contributed by atoms with Crippen molar-refractivity contribution in [3.63, 3.8) is 0 Å². The molecule has 3 aliphatic rings. The lowest BCUT2D eigenvalue weighted by Crippen LogP contribution is -2.61. The maximum Gasteiger partial charge on any atom is 0.433 e. The summed E-state index contributed by atoms with van der Waals surface area (Å²) >= 11 is 7.22. The standard InChI is InChI=1S/C41H42ClF3N8O4/c1-23-26(7-6-10-29(23)47-36-34-25(21-46-51(2)38(34)54)20-32(49-36)41(43,44)45)27-8-5-9-28(35(27)42)30-19-24-11-12-31(33(24)37(48-30)57-4)53-16-14-40(22-53)13-15-52(17-18-56-3)39(55)50-40/h5-10,19-21,31H,11-18,22H2,1-4H3,(H,47,49)(H,50,55)/t31-,40-/m1/s1. The quantitative estimate of drug-likeness (QED) is 0.158. The number of rotatable bonds is 9. The molecule has 2 aromatic carbocycles. The molecule has 2 saturated heterocycles. The van der Waals surface area contributed by atoms with Gasteiger partial charge in [-0.2, -0.15) is 18.3 Å². The van der Waals surface area contributed by atoms with Crippen LogP contribution < -0.4 is 20.9 Å². The predicted molar refractivity (Wildman–Crippen MR) is 211 cm³/mol. The van der Waals surface area contributed by atoms with E-state index in [9.17, 15) is 22.8 Å². The highest BCUT2D eigenvalue weighted by Gasteiger charge is 2.46. The summed E-state index contributed by atoms with van der Waals surface area (Å²) in [5.41, 5.74) is 4.09. The molecule has 3 aromatic heterocycles. The summed E-state index contributed by atoms with van der Waals surface area (Å²) in [4.78, 5) is 39.2. The lowest BCUT2D eigenvalue weighted by molar-refractivity contribution is -0.141. The molecule has 2 N–H and O–H groups in total. The third-order valence-electron chi connectivity index (χ3n) is 11.6. The van der Waals surface area contributed by atoms with Crippen LogP contribution in [0.1, 0.15) is 47.7 Å². The summed E-state index contributed by atoms with van der Waals surface area (Å²) < 4.78 is 53.9. The van der Waals surface area contributed by atoms with E-state index < -0.39 is 17.4 Å². The van der Waals surface area contributed by atoms with Crippen molar-refractivity contribution >= 4 is 39.9 Å². The number of aromatic nitrogens is 4. The largest absolute Gasteiger partial charge is 0.481 e. The average Bonchev–Trinajstić information content (AvgIpc) is 3.80. The van der Waals surface area contributed by atoms with E-state index in [1.165, 1.54) is 13.2 Å². The molecule has 0 bridgehead atoms. The highest BCUT2D eigenvalue weighted by molar-refractivity contribution is 6.36. The van der Waals surface area contributed by atoms with Gasteiger partial charge in [-0.3, -0.25) is 9.69 Å². The topological polar surface area (TPSA) is 127 Å². The van der Waals surface area contributed by atoms with Gasteiger partial charge in [0.15, 0.2) is 0 Å². The Bertz CT molecular complexity index is 2460. The highest BCUT2D eigenvalue weighted by atomic mass is 35.5. The van der Waals surface area contributed by atoms with Crippen molar-refractivity contribution in [2.24, 2.45) is 7.05 Å². The van der Waals surface area contributed by atoms with Crippen molar-refractivity contribution < 1.29 is 27.4 Å². The number of methoxy groups -OCH3 is 2. The summed E-state index contributed by atoms with van der Waals surface area (Å²) in [7, 11) is 4.68. The van der Waals surface area contributed by atoms with Crippen molar-refractivity contribution in [1.82, 2.24) is 34.9 Å². The molecule has 0 saturated carbocycles. The number of halogens is 4. The fraction of sp³-hybridized carbons (Fsp3) is 0.390. The van der Waals surface area contributed by atoms with E-state index in [4.69, 9.17) is 26.1 Å². The zero-order valence-corrected chi connectivity index (χ0v) is 32.7. The van der Waals surface area contributed by atoms with Gasteiger partial charge >= 0.3 is 12.2 Å². The van der Waals surface area contributed by atoms with E-state index in [1.807, 2.05) is 36.1 Å². The number of nitrogens with one attached hydrogen (secondary N) is 2. The van der Waals surface area contributed by atoms with Crippen LogP contribution in [0.15, 0.2) is 59.5 Å². The molecule has 8 rings (SSSR count). The van der Waals surface area contributed by atoms with Crippen molar-refractivity contribution in [2.45, 2.75) is 50.4 Å². The van der Waals surface area contributed by atoms with E-state index in [0.717, 1.165) is 66.2 Å². The van der Waals surface area contributed by atoms with Gasteiger partial charge in [0.05, 0.1) is 41.6 Å². The number of alkyl halides is 3. The number of likely N-dealkylation sites (tertiary alicyclic amines) is 1. The van der Waals surface area contributed by atoms with Crippen molar-refractivity contribution in [3.8, 4) is 28.3 Å². The average molecular weight is 803 g/mol. The number of ether oxygens (including phenoxy) is 2. The Morgan fingerprint density at radius 3 is 2.54 bits per heavy atom. The normalized spacial score (nSPS) is 19.7. The van der Waals surface area contributed by atoms with Gasteiger partial charge in [-0.1, -0.05) is 41.9 Å². The van der Waals surface area contributed by atoms with Crippen molar-refractivity contribution in [2.75, 3.05) is 52.3 Å². The van der Waals surface area contributed by atoms with Gasteiger partial charge in [-0.25, -0.2) is 19.4 Å². The van der Waals surface area contributed by atoms with E-state index in [-0.39, 0.29) is 34.2 Å². The number of hydrogen-bond acceptors (Lipinski definition) is 9. The van der Waals surface area contributed by atoms with Gasteiger partial charge in [0.2, 0.25) is 5.88 Å². The Morgan fingerprint density at radius 1 is 1.04 bits per heavy atom. The summed E-state index contributed by atoms with van der Waals surface area (Å²) in [5, 5.41) is 10.7. The first-order chi connectivity index (χ1) is 27.3. The van der Waals surface area contributed by atoms with Crippen LogP contribution in [0.2, 0.25) is 5.02 Å². The molecule has 1 aliphatic carbocycles. The first-order valence-corrected chi connectivity index (χ1v) is 19.2. The number of anilines is 2. The lowest BCUT2D eigenvalue weighted by Gasteiger charge is -2.40. The Balaban J connectivity index is 1.08. The molecule has 57 heavy (non-hydrogen) atoms. The summed E-state index contributed by atoms with van der Waals surface area (Å²) in [6.07, 6.45) is -0.0627. The molecule has 16 heteroatoms. The first kappa shape index (κ1) is 38.6. The van der Waals surface area contributed by atoms with E-state index >= 15 is 0 Å². The van der Waals surface area contributed by atoms with Crippen LogP contribution in [0.5, 0.6) is 5.88 Å². The van der Waals surface area contributed by atoms with Crippen LogP contribution in [-0.2, 0) is 24.4 Å². The third kappa shape index (κ3) is 7.06. The Labute approximate surface area is 331 Å². The van der Waals surface area contributed by atoms with Crippen LogP contribution in [0.4, 0.5) is 29.5 Å². The minimum atomic E-state index is -4.75. The zero-order valence-electron chi connectivity index (χ0n) is 32.0. The van der Waals surface area contributed by atoms with Gasteiger partial charge < -0.3 is 25.0 Å². The number of aryl methyl sites for hydroxylation is 2. The van der Waals surface area contributed by atoms with Crippen LogP contribution in [0, 0.1) is 6.92 Å². The minimum Gasteiger partial charge on any atom is -0.481 e. The second-order valence-corrected chi connectivity index (χ2v) is 15.3. The smallest absolute Gasteiger partial charge is 0.433 e. The van der Waals surface area contributed by atoms with Crippen LogP contribution >= 0.6 is 11.6 Å². The number of nitrogens with zero attached hydrogens (tertiary/aromatic N) is 6. The monoisotopic (exact) mass is 802 g/mol. The number of urea groups is 1.